The summed E-state index contributed by atoms with van der Waals surface area (Å²) < 4.78 is 27.6. The fourth-order valence-electron chi connectivity index (χ4n) is 2.81. The molecule has 1 aromatic rings. The van der Waals surface area contributed by atoms with E-state index in [0.717, 1.165) is 6.54 Å². The van der Waals surface area contributed by atoms with Crippen LogP contribution in [0.5, 0.6) is 0 Å². The Morgan fingerprint density at radius 1 is 1.23 bits per heavy atom. The first-order valence-electron chi connectivity index (χ1n) is 7.43. The van der Waals surface area contributed by atoms with Crippen molar-refractivity contribution in [1.29, 1.82) is 0 Å². The van der Waals surface area contributed by atoms with E-state index in [0.29, 0.717) is 19.6 Å². The molecule has 0 radical (unpaired) electrons. The van der Waals surface area contributed by atoms with Crippen molar-refractivity contribution >= 4 is 5.91 Å². The summed E-state index contributed by atoms with van der Waals surface area (Å²) in [5.74, 6) is -1.20. The molecule has 0 aliphatic carbocycles. The summed E-state index contributed by atoms with van der Waals surface area (Å²) in [6, 6.07) is 3.90. The van der Waals surface area contributed by atoms with Gasteiger partial charge in [0.05, 0.1) is 5.92 Å². The number of halogens is 2. The molecule has 22 heavy (non-hydrogen) atoms. The van der Waals surface area contributed by atoms with Crippen molar-refractivity contribution in [3.63, 3.8) is 0 Å². The molecule has 122 valence electrons. The summed E-state index contributed by atoms with van der Waals surface area (Å²) in [5.41, 5.74) is 0.0723. The number of amides is 1. The van der Waals surface area contributed by atoms with Gasteiger partial charge in [0.15, 0.2) is 0 Å². The molecule has 4 nitrogen and oxygen atoms in total. The lowest BCUT2D eigenvalue weighted by molar-refractivity contribution is -0.133. The number of hydrogen-bond acceptors (Lipinski definition) is 3. The zero-order chi connectivity index (χ0) is 16.3. The minimum absolute atomic E-state index is 0.0488. The molecule has 6 heteroatoms. The molecule has 1 atom stereocenters. The lowest BCUT2D eigenvalue weighted by Gasteiger charge is -2.25. The van der Waals surface area contributed by atoms with Crippen LogP contribution in [-0.2, 0) is 11.3 Å². The molecule has 0 unspecified atom stereocenters. The molecule has 2 rings (SSSR count). The van der Waals surface area contributed by atoms with Crippen molar-refractivity contribution in [2.45, 2.75) is 6.54 Å². The van der Waals surface area contributed by atoms with Crippen molar-refractivity contribution in [1.82, 2.24) is 14.7 Å². The molecule has 1 aliphatic heterocycles. The van der Waals surface area contributed by atoms with E-state index in [1.54, 1.807) is 19.0 Å². The summed E-state index contributed by atoms with van der Waals surface area (Å²) in [6.45, 7) is 2.81. The van der Waals surface area contributed by atoms with Gasteiger partial charge in [-0.25, -0.2) is 8.78 Å². The number of carbonyl (C=O) groups is 1. The van der Waals surface area contributed by atoms with E-state index in [1.807, 2.05) is 11.9 Å². The van der Waals surface area contributed by atoms with Gasteiger partial charge in [-0.2, -0.15) is 0 Å². The second-order valence-electron chi connectivity index (χ2n) is 6.13. The Bertz CT molecular complexity index is 516. The molecular formula is C16H23F2N3O. The van der Waals surface area contributed by atoms with E-state index >= 15 is 0 Å². The molecule has 1 heterocycles. The van der Waals surface area contributed by atoms with Crippen LogP contribution in [-0.4, -0.2) is 67.9 Å². The van der Waals surface area contributed by atoms with Gasteiger partial charge in [0.1, 0.15) is 11.6 Å². The van der Waals surface area contributed by atoms with Crippen LogP contribution in [0.2, 0.25) is 0 Å². The van der Waals surface area contributed by atoms with Crippen LogP contribution in [0.1, 0.15) is 5.56 Å². The van der Waals surface area contributed by atoms with Crippen LogP contribution in [0.4, 0.5) is 8.78 Å². The van der Waals surface area contributed by atoms with E-state index in [9.17, 15) is 13.6 Å². The maximum absolute atomic E-state index is 13.8. The van der Waals surface area contributed by atoms with E-state index in [2.05, 4.69) is 4.90 Å². The smallest absolute Gasteiger partial charge is 0.227 e. The summed E-state index contributed by atoms with van der Waals surface area (Å²) in [5, 5.41) is 0. The van der Waals surface area contributed by atoms with E-state index < -0.39 is 11.6 Å². The van der Waals surface area contributed by atoms with Gasteiger partial charge in [-0.1, -0.05) is 6.07 Å². The summed E-state index contributed by atoms with van der Waals surface area (Å²) in [6.07, 6.45) is 0. The Labute approximate surface area is 130 Å². The third-order valence-electron chi connectivity index (χ3n) is 4.04. The Morgan fingerprint density at radius 2 is 1.86 bits per heavy atom. The average molecular weight is 311 g/mol. The first kappa shape index (κ1) is 16.8. The molecule has 0 N–H and O–H groups in total. The fraction of sp³-hybridized carbons (Fsp3) is 0.562. The molecule has 0 saturated carbocycles. The Hall–Kier alpha value is -1.53. The van der Waals surface area contributed by atoms with Crippen molar-refractivity contribution in [2.75, 3.05) is 47.3 Å². The number of likely N-dealkylation sites (N-methyl/N-ethyl adjacent to an activating group) is 1. The largest absolute Gasteiger partial charge is 0.348 e. The predicted octanol–water partition coefficient (Wildman–Crippen LogP) is 1.42. The van der Waals surface area contributed by atoms with Gasteiger partial charge in [0.2, 0.25) is 5.91 Å². The Balaban J connectivity index is 2.14. The van der Waals surface area contributed by atoms with Crippen molar-refractivity contribution in [3.8, 4) is 0 Å². The van der Waals surface area contributed by atoms with Crippen molar-refractivity contribution < 1.29 is 13.6 Å². The Kier molecular flexibility index (Phi) is 5.47. The topological polar surface area (TPSA) is 26.8 Å². The van der Waals surface area contributed by atoms with Gasteiger partial charge in [-0.3, -0.25) is 9.69 Å². The van der Waals surface area contributed by atoms with Crippen molar-refractivity contribution in [3.05, 3.63) is 35.4 Å². The highest BCUT2D eigenvalue weighted by Crippen LogP contribution is 2.18. The molecule has 1 amide bonds. The summed E-state index contributed by atoms with van der Waals surface area (Å²) in [4.78, 5) is 17.9. The molecule has 1 aliphatic rings. The highest BCUT2D eigenvalue weighted by atomic mass is 19.1. The third kappa shape index (κ3) is 4.01. The molecule has 1 aromatic carbocycles. The van der Waals surface area contributed by atoms with Crippen LogP contribution in [0.3, 0.4) is 0 Å². The van der Waals surface area contributed by atoms with Crippen LogP contribution in [0.25, 0.3) is 0 Å². The second-order valence-corrected chi connectivity index (χ2v) is 6.13. The number of hydrogen-bond donors (Lipinski definition) is 0. The lowest BCUT2D eigenvalue weighted by Crippen LogP contribution is -2.40. The third-order valence-corrected chi connectivity index (χ3v) is 4.04. The van der Waals surface area contributed by atoms with Gasteiger partial charge in [-0.15, -0.1) is 0 Å². The van der Waals surface area contributed by atoms with Crippen LogP contribution in [0, 0.1) is 17.6 Å². The average Bonchev–Trinajstić information content (AvgIpc) is 2.64. The fourth-order valence-corrected chi connectivity index (χ4v) is 2.81. The minimum atomic E-state index is -0.534. The minimum Gasteiger partial charge on any atom is -0.348 e. The number of rotatable bonds is 3. The van der Waals surface area contributed by atoms with Crippen LogP contribution in [0.15, 0.2) is 18.2 Å². The maximum Gasteiger partial charge on any atom is 0.227 e. The molecule has 0 spiro atoms. The second kappa shape index (κ2) is 7.15. The van der Waals surface area contributed by atoms with Gasteiger partial charge < -0.3 is 9.80 Å². The SMILES string of the molecule is CN1CCN(Cc2c(F)cccc2F)C[C@@H](C(=O)N(C)C)C1. The number of benzene rings is 1. The molecule has 0 aromatic heterocycles. The summed E-state index contributed by atoms with van der Waals surface area (Å²) >= 11 is 0. The van der Waals surface area contributed by atoms with E-state index in [-0.39, 0.29) is 23.9 Å². The van der Waals surface area contributed by atoms with Gasteiger partial charge >= 0.3 is 0 Å². The van der Waals surface area contributed by atoms with Gasteiger partial charge in [0.25, 0.3) is 0 Å². The summed E-state index contributed by atoms with van der Waals surface area (Å²) in [7, 11) is 5.42. The van der Waals surface area contributed by atoms with Gasteiger partial charge in [-0.05, 0) is 19.2 Å². The van der Waals surface area contributed by atoms with E-state index in [1.165, 1.54) is 18.2 Å². The van der Waals surface area contributed by atoms with Crippen molar-refractivity contribution in [2.24, 2.45) is 5.92 Å². The Morgan fingerprint density at radius 3 is 2.45 bits per heavy atom. The molecule has 0 bridgehead atoms. The highest BCUT2D eigenvalue weighted by molar-refractivity contribution is 5.78. The zero-order valence-corrected chi connectivity index (χ0v) is 13.4. The van der Waals surface area contributed by atoms with Gasteiger partial charge in [0, 0.05) is 52.4 Å². The first-order chi connectivity index (χ1) is 10.4. The molecular weight excluding hydrogens is 288 g/mol. The first-order valence-corrected chi connectivity index (χ1v) is 7.43. The zero-order valence-electron chi connectivity index (χ0n) is 13.4. The number of nitrogens with zero attached hydrogens (tertiary/aromatic N) is 3. The number of carbonyl (C=O) groups excluding carboxylic acids is 1. The monoisotopic (exact) mass is 311 g/mol. The highest BCUT2D eigenvalue weighted by Gasteiger charge is 2.28. The van der Waals surface area contributed by atoms with E-state index in [4.69, 9.17) is 0 Å². The standard InChI is InChI=1S/C16H23F2N3O/c1-19(2)16(22)12-9-20(3)7-8-21(10-12)11-13-14(17)5-4-6-15(13)18/h4-6,12H,7-11H2,1-3H3/t12-/m0/s1. The molecule has 1 fully saturated rings. The maximum atomic E-state index is 13.8. The lowest BCUT2D eigenvalue weighted by atomic mass is 10.1. The normalized spacial score (nSPS) is 20.7. The molecule has 1 saturated heterocycles. The van der Waals surface area contributed by atoms with Crippen LogP contribution < -0.4 is 0 Å². The van der Waals surface area contributed by atoms with Crippen LogP contribution >= 0.6 is 0 Å². The predicted molar refractivity (Wildman–Crippen MR) is 81.3 cm³/mol. The quantitative estimate of drug-likeness (QED) is 0.845.